The quantitative estimate of drug-likeness (QED) is 0.800. The van der Waals surface area contributed by atoms with E-state index in [0.717, 1.165) is 11.3 Å². The normalized spacial score (nSPS) is 12.5. The van der Waals surface area contributed by atoms with Crippen molar-refractivity contribution in [2.45, 2.75) is 19.9 Å². The van der Waals surface area contributed by atoms with E-state index in [9.17, 15) is 4.79 Å². The second kappa shape index (κ2) is 5.42. The molecule has 3 heterocycles. The van der Waals surface area contributed by atoms with Gasteiger partial charge in [0, 0.05) is 31.2 Å². The Bertz CT molecular complexity index is 852. The molecule has 3 aromatic heterocycles. The summed E-state index contributed by atoms with van der Waals surface area (Å²) < 4.78 is 3.20. The molecule has 0 aliphatic carbocycles. The predicted molar refractivity (Wildman–Crippen MR) is 81.8 cm³/mol. The summed E-state index contributed by atoms with van der Waals surface area (Å²) in [5.41, 5.74) is 2.44. The van der Waals surface area contributed by atoms with Gasteiger partial charge in [0.1, 0.15) is 5.02 Å². The van der Waals surface area contributed by atoms with Gasteiger partial charge in [0.25, 0.3) is 5.91 Å². The highest BCUT2D eigenvalue weighted by Crippen LogP contribution is 2.21. The van der Waals surface area contributed by atoms with Crippen molar-refractivity contribution in [3.05, 3.63) is 46.6 Å². The van der Waals surface area contributed by atoms with Crippen molar-refractivity contribution in [3.63, 3.8) is 0 Å². The summed E-state index contributed by atoms with van der Waals surface area (Å²) in [6, 6.07) is 1.52. The van der Waals surface area contributed by atoms with Crippen molar-refractivity contribution in [3.8, 4) is 0 Å². The van der Waals surface area contributed by atoms with Gasteiger partial charge in [-0.2, -0.15) is 10.2 Å². The number of carbonyl (C=O) groups is 1. The van der Waals surface area contributed by atoms with Crippen LogP contribution in [0.4, 0.5) is 0 Å². The van der Waals surface area contributed by atoms with Gasteiger partial charge in [-0.25, -0.2) is 9.50 Å². The van der Waals surface area contributed by atoms with Gasteiger partial charge in [0.15, 0.2) is 11.3 Å². The van der Waals surface area contributed by atoms with Gasteiger partial charge in [-0.05, 0) is 19.9 Å². The number of aryl methyl sites for hydroxylation is 2. The average Bonchev–Trinajstić information content (AvgIpc) is 2.99. The van der Waals surface area contributed by atoms with Crippen molar-refractivity contribution in [1.29, 1.82) is 0 Å². The predicted octanol–water partition coefficient (Wildman–Crippen LogP) is 1.92. The highest BCUT2D eigenvalue weighted by atomic mass is 35.5. The van der Waals surface area contributed by atoms with Crippen molar-refractivity contribution >= 4 is 23.2 Å². The van der Waals surface area contributed by atoms with Crippen LogP contribution in [-0.2, 0) is 7.05 Å². The minimum atomic E-state index is -0.341. The van der Waals surface area contributed by atoms with E-state index in [2.05, 4.69) is 20.5 Å². The van der Waals surface area contributed by atoms with E-state index in [-0.39, 0.29) is 22.7 Å². The third-order valence-electron chi connectivity index (χ3n) is 3.42. The molecule has 0 spiro atoms. The van der Waals surface area contributed by atoms with Crippen LogP contribution in [0.2, 0.25) is 5.02 Å². The first-order valence-electron chi connectivity index (χ1n) is 6.77. The van der Waals surface area contributed by atoms with Crippen LogP contribution in [0.3, 0.4) is 0 Å². The zero-order valence-electron chi connectivity index (χ0n) is 12.4. The topological polar surface area (TPSA) is 77.1 Å². The number of aromatic nitrogens is 5. The molecular weight excluding hydrogens is 304 g/mol. The molecule has 0 bridgehead atoms. The maximum atomic E-state index is 12.4. The number of amides is 1. The third-order valence-corrected chi connectivity index (χ3v) is 3.77. The lowest BCUT2D eigenvalue weighted by Gasteiger charge is -2.12. The zero-order chi connectivity index (χ0) is 15.9. The molecule has 0 aromatic carbocycles. The number of hydrogen-bond donors (Lipinski definition) is 1. The van der Waals surface area contributed by atoms with Gasteiger partial charge in [0.2, 0.25) is 0 Å². The number of nitrogens with one attached hydrogen (secondary N) is 1. The molecule has 0 aliphatic heterocycles. The van der Waals surface area contributed by atoms with Crippen LogP contribution in [0.5, 0.6) is 0 Å². The van der Waals surface area contributed by atoms with E-state index in [1.54, 1.807) is 23.1 Å². The molecule has 0 aliphatic rings. The maximum Gasteiger partial charge on any atom is 0.273 e. The standard InChI is InChI=1S/C14H15ClN6O/c1-8(10-7-20(3)18-9(10)2)17-14(22)12-11(15)13-16-5-4-6-21(13)19-12/h4-8H,1-3H3,(H,17,22)/t8-/m0/s1. The fourth-order valence-corrected chi connectivity index (χ4v) is 2.65. The minimum absolute atomic E-state index is 0.161. The molecule has 3 aromatic rings. The third kappa shape index (κ3) is 2.43. The first-order valence-corrected chi connectivity index (χ1v) is 7.15. The van der Waals surface area contributed by atoms with Crippen molar-refractivity contribution < 1.29 is 4.79 Å². The number of carbonyl (C=O) groups excluding carboxylic acids is 1. The number of fused-ring (bicyclic) bond motifs is 1. The van der Waals surface area contributed by atoms with E-state index in [1.807, 2.05) is 27.1 Å². The Morgan fingerprint density at radius 3 is 2.82 bits per heavy atom. The molecular formula is C14H15ClN6O. The SMILES string of the molecule is Cc1nn(C)cc1[C@H](C)NC(=O)c1nn2cccnc2c1Cl. The largest absolute Gasteiger partial charge is 0.344 e. The lowest BCUT2D eigenvalue weighted by molar-refractivity contribution is 0.0934. The molecule has 1 N–H and O–H groups in total. The van der Waals surface area contributed by atoms with E-state index in [1.165, 1.54) is 4.52 Å². The average molecular weight is 319 g/mol. The van der Waals surface area contributed by atoms with Gasteiger partial charge in [-0.1, -0.05) is 11.6 Å². The van der Waals surface area contributed by atoms with Gasteiger partial charge in [0.05, 0.1) is 11.7 Å². The number of hydrogen-bond acceptors (Lipinski definition) is 4. The molecule has 22 heavy (non-hydrogen) atoms. The van der Waals surface area contributed by atoms with E-state index < -0.39 is 0 Å². The van der Waals surface area contributed by atoms with E-state index in [4.69, 9.17) is 11.6 Å². The van der Waals surface area contributed by atoms with Crippen molar-refractivity contribution in [1.82, 2.24) is 29.7 Å². The monoisotopic (exact) mass is 318 g/mol. The van der Waals surface area contributed by atoms with Crippen molar-refractivity contribution in [2.24, 2.45) is 7.05 Å². The van der Waals surface area contributed by atoms with Crippen LogP contribution in [0, 0.1) is 6.92 Å². The smallest absolute Gasteiger partial charge is 0.273 e. The molecule has 3 rings (SSSR count). The van der Waals surface area contributed by atoms with Gasteiger partial charge in [-0.3, -0.25) is 9.48 Å². The zero-order valence-corrected chi connectivity index (χ0v) is 13.2. The number of rotatable bonds is 3. The molecule has 114 valence electrons. The summed E-state index contributed by atoms with van der Waals surface area (Å²) in [6.07, 6.45) is 5.18. The second-order valence-electron chi connectivity index (χ2n) is 5.09. The molecule has 0 radical (unpaired) electrons. The van der Waals surface area contributed by atoms with Crippen LogP contribution in [0.15, 0.2) is 24.7 Å². The lowest BCUT2D eigenvalue weighted by Crippen LogP contribution is -2.27. The first kappa shape index (κ1) is 14.5. The fourth-order valence-electron chi connectivity index (χ4n) is 2.39. The van der Waals surface area contributed by atoms with Gasteiger partial charge in [-0.15, -0.1) is 0 Å². The fraction of sp³-hybridized carbons (Fsp3) is 0.286. The number of nitrogens with zero attached hydrogens (tertiary/aromatic N) is 5. The highest BCUT2D eigenvalue weighted by Gasteiger charge is 2.21. The summed E-state index contributed by atoms with van der Waals surface area (Å²) in [7, 11) is 1.84. The van der Waals surface area contributed by atoms with E-state index in [0.29, 0.717) is 5.65 Å². The Hall–Kier alpha value is -2.41. The lowest BCUT2D eigenvalue weighted by atomic mass is 10.1. The summed E-state index contributed by atoms with van der Waals surface area (Å²) in [4.78, 5) is 16.5. The molecule has 8 heteroatoms. The summed E-state index contributed by atoms with van der Waals surface area (Å²) in [5, 5.41) is 11.6. The molecule has 0 fully saturated rings. The van der Waals surface area contributed by atoms with Crippen LogP contribution in [-0.4, -0.2) is 30.3 Å². The van der Waals surface area contributed by atoms with Crippen LogP contribution in [0.1, 0.15) is 34.7 Å². The summed E-state index contributed by atoms with van der Waals surface area (Å²) in [6.45, 7) is 3.80. The molecule has 1 amide bonds. The molecule has 0 unspecified atom stereocenters. The Balaban J connectivity index is 1.87. The molecule has 1 atom stereocenters. The number of halogens is 1. The Morgan fingerprint density at radius 1 is 1.41 bits per heavy atom. The minimum Gasteiger partial charge on any atom is -0.344 e. The van der Waals surface area contributed by atoms with Crippen molar-refractivity contribution in [2.75, 3.05) is 0 Å². The van der Waals surface area contributed by atoms with E-state index >= 15 is 0 Å². The highest BCUT2D eigenvalue weighted by molar-refractivity contribution is 6.36. The van der Waals surface area contributed by atoms with Crippen LogP contribution in [0.25, 0.3) is 5.65 Å². The molecule has 0 saturated heterocycles. The van der Waals surface area contributed by atoms with Gasteiger partial charge >= 0.3 is 0 Å². The first-order chi connectivity index (χ1) is 10.5. The molecule has 7 nitrogen and oxygen atoms in total. The Morgan fingerprint density at radius 2 is 2.18 bits per heavy atom. The Kier molecular flexibility index (Phi) is 3.58. The Labute approximate surface area is 131 Å². The van der Waals surface area contributed by atoms with Gasteiger partial charge < -0.3 is 5.32 Å². The van der Waals surface area contributed by atoms with Crippen LogP contribution >= 0.6 is 11.6 Å². The van der Waals surface area contributed by atoms with Crippen LogP contribution < -0.4 is 5.32 Å². The molecule has 0 saturated carbocycles. The second-order valence-corrected chi connectivity index (χ2v) is 5.47. The summed E-state index contributed by atoms with van der Waals surface area (Å²) >= 11 is 6.19. The maximum absolute atomic E-state index is 12.4. The summed E-state index contributed by atoms with van der Waals surface area (Å²) in [5.74, 6) is -0.341.